The molecule has 2 aromatic carbocycles. The molecule has 0 amide bonds. The number of ether oxygens (including phenoxy) is 1. The largest absolute Gasteiger partial charge is 0.496 e. The maximum absolute atomic E-state index is 11.6. The van der Waals surface area contributed by atoms with E-state index in [-0.39, 0.29) is 0 Å². The van der Waals surface area contributed by atoms with Crippen LogP contribution in [0.1, 0.15) is 5.56 Å². The molecular weight excluding hydrogens is 298 g/mol. The fourth-order valence-electron chi connectivity index (χ4n) is 2.25. The van der Waals surface area contributed by atoms with Gasteiger partial charge in [0.05, 0.1) is 35.3 Å². The summed E-state index contributed by atoms with van der Waals surface area (Å²) < 4.78 is 17.0. The summed E-state index contributed by atoms with van der Waals surface area (Å²) in [5.41, 5.74) is 2.93. The van der Waals surface area contributed by atoms with E-state index in [1.54, 1.807) is 43.7 Å². The Hall–Kier alpha value is -2.65. The number of hydrogen-bond donors (Lipinski definition) is 1. The zero-order chi connectivity index (χ0) is 15.7. The van der Waals surface area contributed by atoms with E-state index in [1.807, 2.05) is 6.07 Å². The van der Waals surface area contributed by atoms with Crippen LogP contribution >= 0.6 is 0 Å². The van der Waals surface area contributed by atoms with Crippen molar-refractivity contribution in [3.05, 3.63) is 42.0 Å². The van der Waals surface area contributed by atoms with E-state index < -0.39 is 10.8 Å². The minimum absolute atomic E-state index is 0.575. The Kier molecular flexibility index (Phi) is 3.65. The molecule has 0 fully saturated rings. The van der Waals surface area contributed by atoms with Gasteiger partial charge in [0, 0.05) is 22.0 Å². The van der Waals surface area contributed by atoms with Crippen LogP contribution in [0.4, 0.5) is 0 Å². The van der Waals surface area contributed by atoms with Crippen LogP contribution in [0.3, 0.4) is 0 Å². The van der Waals surface area contributed by atoms with E-state index in [9.17, 15) is 4.21 Å². The normalized spacial score (nSPS) is 12.0. The van der Waals surface area contributed by atoms with Gasteiger partial charge in [-0.3, -0.25) is 4.21 Å². The number of nitrogens with one attached hydrogen (secondary N) is 1. The van der Waals surface area contributed by atoms with E-state index in [1.165, 1.54) is 0 Å². The maximum atomic E-state index is 11.6. The van der Waals surface area contributed by atoms with Gasteiger partial charge >= 0.3 is 0 Å². The lowest BCUT2D eigenvalue weighted by molar-refractivity contribution is 0.415. The number of nitrogens with zero attached hydrogens (tertiary/aromatic N) is 2. The molecule has 6 heteroatoms. The molecule has 3 aromatic rings. The number of fused-ring (bicyclic) bond motifs is 1. The van der Waals surface area contributed by atoms with Crippen molar-refractivity contribution < 1.29 is 8.95 Å². The molecule has 0 bridgehead atoms. The van der Waals surface area contributed by atoms with Gasteiger partial charge in [0.1, 0.15) is 11.6 Å². The Bertz CT molecular complexity index is 925. The number of nitriles is 1. The zero-order valence-electron chi connectivity index (χ0n) is 12.1. The lowest BCUT2D eigenvalue weighted by Gasteiger charge is -2.07. The van der Waals surface area contributed by atoms with Crippen molar-refractivity contribution in [2.45, 2.75) is 4.90 Å². The van der Waals surface area contributed by atoms with Crippen molar-refractivity contribution in [3.8, 4) is 23.2 Å². The molecule has 0 aliphatic rings. The van der Waals surface area contributed by atoms with Gasteiger partial charge < -0.3 is 9.72 Å². The van der Waals surface area contributed by atoms with Crippen LogP contribution in [0.25, 0.3) is 22.4 Å². The molecule has 0 saturated heterocycles. The van der Waals surface area contributed by atoms with Crippen LogP contribution in [0.15, 0.2) is 41.3 Å². The third kappa shape index (κ3) is 2.47. The average Bonchev–Trinajstić information content (AvgIpc) is 2.96. The summed E-state index contributed by atoms with van der Waals surface area (Å²) in [6, 6.07) is 12.8. The molecule has 1 N–H and O–H groups in total. The lowest BCUT2D eigenvalue weighted by atomic mass is 10.2. The number of aromatic nitrogens is 2. The summed E-state index contributed by atoms with van der Waals surface area (Å²) in [5, 5.41) is 8.95. The predicted molar refractivity (Wildman–Crippen MR) is 85.1 cm³/mol. The van der Waals surface area contributed by atoms with E-state index in [4.69, 9.17) is 10.00 Å². The fourth-order valence-corrected chi connectivity index (χ4v) is 2.79. The Labute approximate surface area is 130 Å². The SMILES string of the molecule is COc1cc(S(C)=O)ccc1-c1nc2ccc(C#N)cc2[nH]1. The first-order chi connectivity index (χ1) is 10.6. The molecule has 0 radical (unpaired) electrons. The molecule has 0 saturated carbocycles. The zero-order valence-corrected chi connectivity index (χ0v) is 12.9. The van der Waals surface area contributed by atoms with Crippen molar-refractivity contribution in [1.82, 2.24) is 9.97 Å². The van der Waals surface area contributed by atoms with Crippen molar-refractivity contribution in [2.24, 2.45) is 0 Å². The third-order valence-corrected chi connectivity index (χ3v) is 4.29. The molecule has 1 heterocycles. The highest BCUT2D eigenvalue weighted by molar-refractivity contribution is 7.84. The Morgan fingerprint density at radius 3 is 2.77 bits per heavy atom. The average molecular weight is 311 g/mol. The molecule has 0 aliphatic carbocycles. The summed E-state index contributed by atoms with van der Waals surface area (Å²) in [6.45, 7) is 0. The Balaban J connectivity index is 2.14. The molecule has 22 heavy (non-hydrogen) atoms. The van der Waals surface area contributed by atoms with Crippen LogP contribution < -0.4 is 4.74 Å². The molecule has 0 spiro atoms. The highest BCUT2D eigenvalue weighted by Crippen LogP contribution is 2.31. The summed E-state index contributed by atoms with van der Waals surface area (Å²) >= 11 is 0. The predicted octanol–water partition coefficient (Wildman–Crippen LogP) is 2.85. The second-order valence-electron chi connectivity index (χ2n) is 4.75. The third-order valence-electron chi connectivity index (χ3n) is 3.37. The minimum Gasteiger partial charge on any atom is -0.496 e. The summed E-state index contributed by atoms with van der Waals surface area (Å²) in [4.78, 5) is 8.41. The first kappa shape index (κ1) is 14.3. The van der Waals surface area contributed by atoms with Crippen molar-refractivity contribution >= 4 is 21.8 Å². The quantitative estimate of drug-likeness (QED) is 0.806. The van der Waals surface area contributed by atoms with Crippen LogP contribution in [0.5, 0.6) is 5.75 Å². The first-order valence-corrected chi connectivity index (χ1v) is 8.10. The Morgan fingerprint density at radius 1 is 1.27 bits per heavy atom. The number of methoxy groups -OCH3 is 1. The van der Waals surface area contributed by atoms with Crippen LogP contribution in [-0.2, 0) is 10.8 Å². The highest BCUT2D eigenvalue weighted by atomic mass is 32.2. The monoisotopic (exact) mass is 311 g/mol. The van der Waals surface area contributed by atoms with Gasteiger partial charge in [0.15, 0.2) is 0 Å². The fraction of sp³-hybridized carbons (Fsp3) is 0.125. The molecule has 1 aromatic heterocycles. The van der Waals surface area contributed by atoms with Gasteiger partial charge in [0.25, 0.3) is 0 Å². The summed E-state index contributed by atoms with van der Waals surface area (Å²) in [5.74, 6) is 1.25. The minimum atomic E-state index is -1.07. The summed E-state index contributed by atoms with van der Waals surface area (Å²) in [6.07, 6.45) is 1.62. The van der Waals surface area contributed by atoms with Crippen molar-refractivity contribution in [2.75, 3.05) is 13.4 Å². The molecule has 3 rings (SSSR count). The molecule has 0 aliphatic heterocycles. The van der Waals surface area contributed by atoms with Gasteiger partial charge in [-0.05, 0) is 36.4 Å². The van der Waals surface area contributed by atoms with Gasteiger partial charge in [-0.1, -0.05) is 0 Å². The van der Waals surface area contributed by atoms with Crippen LogP contribution in [-0.4, -0.2) is 27.5 Å². The molecular formula is C16H13N3O2S. The lowest BCUT2D eigenvalue weighted by Crippen LogP contribution is -1.93. The van der Waals surface area contributed by atoms with Gasteiger partial charge in [-0.2, -0.15) is 5.26 Å². The van der Waals surface area contributed by atoms with E-state index in [0.717, 1.165) is 16.6 Å². The Morgan fingerprint density at radius 2 is 2.09 bits per heavy atom. The van der Waals surface area contributed by atoms with Crippen LogP contribution in [0, 0.1) is 11.3 Å². The number of imidazole rings is 1. The second kappa shape index (κ2) is 5.62. The second-order valence-corrected chi connectivity index (χ2v) is 6.13. The topological polar surface area (TPSA) is 78.8 Å². The number of hydrogen-bond acceptors (Lipinski definition) is 4. The number of rotatable bonds is 3. The standard InChI is InChI=1S/C16H13N3O2S/c1-21-15-8-11(22(2)20)4-5-12(15)16-18-13-6-3-10(9-17)7-14(13)19-16/h3-8H,1-2H3,(H,18,19). The van der Waals surface area contributed by atoms with Crippen molar-refractivity contribution in [3.63, 3.8) is 0 Å². The first-order valence-electron chi connectivity index (χ1n) is 6.54. The number of benzene rings is 2. The van der Waals surface area contributed by atoms with Crippen LogP contribution in [0.2, 0.25) is 0 Å². The molecule has 1 atom stereocenters. The summed E-state index contributed by atoms with van der Waals surface area (Å²) in [7, 11) is 0.496. The van der Waals surface area contributed by atoms with Gasteiger partial charge in [0.2, 0.25) is 0 Å². The van der Waals surface area contributed by atoms with E-state index in [2.05, 4.69) is 16.0 Å². The maximum Gasteiger partial charge on any atom is 0.142 e. The van der Waals surface area contributed by atoms with E-state index >= 15 is 0 Å². The molecule has 110 valence electrons. The smallest absolute Gasteiger partial charge is 0.142 e. The number of H-pyrrole nitrogens is 1. The molecule has 5 nitrogen and oxygen atoms in total. The van der Waals surface area contributed by atoms with Crippen molar-refractivity contribution in [1.29, 1.82) is 5.26 Å². The van der Waals surface area contributed by atoms with E-state index in [0.29, 0.717) is 22.0 Å². The molecule has 1 unspecified atom stereocenters. The van der Waals surface area contributed by atoms with Gasteiger partial charge in [-0.15, -0.1) is 0 Å². The number of aromatic amines is 1. The van der Waals surface area contributed by atoms with Gasteiger partial charge in [-0.25, -0.2) is 4.98 Å². The highest BCUT2D eigenvalue weighted by Gasteiger charge is 2.12.